The number of halogens is 1. The highest BCUT2D eigenvalue weighted by atomic mass is 19.1. The highest BCUT2D eigenvalue weighted by Gasteiger charge is 2.31. The molecule has 3 nitrogen and oxygen atoms in total. The fourth-order valence-electron chi connectivity index (χ4n) is 1.81. The Kier molecular flexibility index (Phi) is 2.81. The van der Waals surface area contributed by atoms with E-state index >= 15 is 0 Å². The van der Waals surface area contributed by atoms with Gasteiger partial charge in [-0.2, -0.15) is 0 Å². The minimum Gasteiger partial charge on any atom is -0.481 e. The van der Waals surface area contributed by atoms with E-state index in [1.807, 2.05) is 6.92 Å². The lowest BCUT2D eigenvalue weighted by molar-refractivity contribution is -0.142. The SMILES string of the molecule is Cc1cc(C(C)(C)C(=O)O)nc2cc(F)ccc12. The van der Waals surface area contributed by atoms with Crippen molar-refractivity contribution in [2.24, 2.45) is 0 Å². The Morgan fingerprint density at radius 1 is 1.33 bits per heavy atom. The van der Waals surface area contributed by atoms with Crippen molar-refractivity contribution >= 4 is 16.9 Å². The summed E-state index contributed by atoms with van der Waals surface area (Å²) in [5.74, 6) is -1.33. The van der Waals surface area contributed by atoms with E-state index in [4.69, 9.17) is 0 Å². The summed E-state index contributed by atoms with van der Waals surface area (Å²) in [4.78, 5) is 15.5. The molecule has 2 aromatic rings. The van der Waals surface area contributed by atoms with Crippen molar-refractivity contribution in [3.8, 4) is 0 Å². The van der Waals surface area contributed by atoms with Crippen LogP contribution in [0.2, 0.25) is 0 Å². The van der Waals surface area contributed by atoms with E-state index in [0.29, 0.717) is 11.2 Å². The van der Waals surface area contributed by atoms with Crippen molar-refractivity contribution < 1.29 is 14.3 Å². The molecule has 1 N–H and O–H groups in total. The molecule has 1 heterocycles. The Balaban J connectivity index is 2.72. The number of carboxylic acids is 1. The number of carbonyl (C=O) groups is 1. The number of hydrogen-bond donors (Lipinski definition) is 1. The first-order valence-electron chi connectivity index (χ1n) is 5.63. The van der Waals surface area contributed by atoms with Crippen molar-refractivity contribution in [2.45, 2.75) is 26.2 Å². The summed E-state index contributed by atoms with van der Waals surface area (Å²) in [6.45, 7) is 5.04. The molecule has 1 aromatic carbocycles. The van der Waals surface area contributed by atoms with Crippen molar-refractivity contribution in [1.29, 1.82) is 0 Å². The lowest BCUT2D eigenvalue weighted by Gasteiger charge is -2.19. The number of rotatable bonds is 2. The molecule has 0 saturated carbocycles. The summed E-state index contributed by atoms with van der Waals surface area (Å²) >= 11 is 0. The van der Waals surface area contributed by atoms with Crippen LogP contribution >= 0.6 is 0 Å². The summed E-state index contributed by atoms with van der Waals surface area (Å²) in [7, 11) is 0. The minimum atomic E-state index is -1.09. The van der Waals surface area contributed by atoms with Gasteiger partial charge in [0.2, 0.25) is 0 Å². The Morgan fingerprint density at radius 3 is 2.61 bits per heavy atom. The van der Waals surface area contributed by atoms with Crippen LogP contribution in [0.5, 0.6) is 0 Å². The molecule has 18 heavy (non-hydrogen) atoms. The van der Waals surface area contributed by atoms with Gasteiger partial charge in [-0.15, -0.1) is 0 Å². The fourth-order valence-corrected chi connectivity index (χ4v) is 1.81. The largest absolute Gasteiger partial charge is 0.481 e. The first-order chi connectivity index (χ1) is 8.32. The van der Waals surface area contributed by atoms with Crippen LogP contribution in [0.1, 0.15) is 25.1 Å². The third-order valence-corrected chi connectivity index (χ3v) is 3.15. The van der Waals surface area contributed by atoms with Gasteiger partial charge < -0.3 is 5.11 Å². The Bertz CT molecular complexity index is 635. The summed E-state index contributed by atoms with van der Waals surface area (Å²) < 4.78 is 13.2. The first-order valence-corrected chi connectivity index (χ1v) is 5.63. The molecule has 0 amide bonds. The predicted molar refractivity (Wildman–Crippen MR) is 67.1 cm³/mol. The predicted octanol–water partition coefficient (Wildman–Crippen LogP) is 3.04. The highest BCUT2D eigenvalue weighted by Crippen LogP contribution is 2.26. The number of pyridine rings is 1. The van der Waals surface area contributed by atoms with Gasteiger partial charge in [0.15, 0.2) is 0 Å². The number of carboxylic acid groups (broad SMARTS) is 1. The van der Waals surface area contributed by atoms with Gasteiger partial charge in [0.25, 0.3) is 0 Å². The molecule has 0 atom stereocenters. The van der Waals surface area contributed by atoms with E-state index in [2.05, 4.69) is 4.98 Å². The molecule has 4 heteroatoms. The zero-order valence-electron chi connectivity index (χ0n) is 10.5. The summed E-state index contributed by atoms with van der Waals surface area (Å²) in [5.41, 5.74) is 0.722. The molecule has 94 valence electrons. The lowest BCUT2D eigenvalue weighted by atomic mass is 9.87. The molecule has 0 aliphatic rings. The van der Waals surface area contributed by atoms with Crippen LogP contribution in [0.3, 0.4) is 0 Å². The number of aryl methyl sites for hydroxylation is 1. The molecule has 0 aliphatic heterocycles. The van der Waals surface area contributed by atoms with Crippen LogP contribution in [0, 0.1) is 12.7 Å². The van der Waals surface area contributed by atoms with Crippen molar-refractivity contribution in [1.82, 2.24) is 4.98 Å². The topological polar surface area (TPSA) is 50.2 Å². The van der Waals surface area contributed by atoms with Gasteiger partial charge in [-0.25, -0.2) is 4.39 Å². The number of aliphatic carboxylic acids is 1. The van der Waals surface area contributed by atoms with Crippen LogP contribution in [-0.2, 0) is 10.2 Å². The van der Waals surface area contributed by atoms with Crippen LogP contribution in [-0.4, -0.2) is 16.1 Å². The fraction of sp³-hybridized carbons (Fsp3) is 0.286. The van der Waals surface area contributed by atoms with E-state index in [1.165, 1.54) is 12.1 Å². The van der Waals surface area contributed by atoms with Crippen LogP contribution in [0.15, 0.2) is 24.3 Å². The average Bonchev–Trinajstić information content (AvgIpc) is 2.27. The Morgan fingerprint density at radius 2 is 2.00 bits per heavy atom. The maximum Gasteiger partial charge on any atom is 0.315 e. The normalized spacial score (nSPS) is 11.8. The number of hydrogen-bond acceptors (Lipinski definition) is 2. The number of nitrogens with zero attached hydrogens (tertiary/aromatic N) is 1. The van der Waals surface area contributed by atoms with Gasteiger partial charge in [-0.05, 0) is 44.5 Å². The molecule has 0 radical (unpaired) electrons. The number of benzene rings is 1. The second-order valence-corrected chi connectivity index (χ2v) is 4.92. The summed E-state index contributed by atoms with van der Waals surface area (Å²) in [5, 5.41) is 10.0. The van der Waals surface area contributed by atoms with Crippen molar-refractivity contribution in [2.75, 3.05) is 0 Å². The van der Waals surface area contributed by atoms with Crippen LogP contribution in [0.4, 0.5) is 4.39 Å². The monoisotopic (exact) mass is 247 g/mol. The molecule has 0 aliphatic carbocycles. The quantitative estimate of drug-likeness (QED) is 0.887. The van der Waals surface area contributed by atoms with E-state index in [-0.39, 0.29) is 5.82 Å². The van der Waals surface area contributed by atoms with Crippen LogP contribution in [0.25, 0.3) is 10.9 Å². The summed E-state index contributed by atoms with van der Waals surface area (Å²) in [6, 6.07) is 6.10. The standard InChI is InChI=1S/C14H14FNO2/c1-8-6-12(14(2,3)13(17)18)16-11-7-9(15)4-5-10(8)11/h4-7H,1-3H3,(H,17,18). The smallest absolute Gasteiger partial charge is 0.315 e. The maximum atomic E-state index is 13.2. The minimum absolute atomic E-state index is 0.375. The van der Waals surface area contributed by atoms with Crippen molar-refractivity contribution in [3.63, 3.8) is 0 Å². The van der Waals surface area contributed by atoms with Gasteiger partial charge in [0.05, 0.1) is 11.2 Å². The molecule has 0 bridgehead atoms. The Hall–Kier alpha value is -1.97. The highest BCUT2D eigenvalue weighted by molar-refractivity contribution is 5.85. The Labute approximate surface area is 104 Å². The maximum absolute atomic E-state index is 13.2. The molecule has 0 unspecified atom stereocenters. The molecule has 0 saturated heterocycles. The second-order valence-electron chi connectivity index (χ2n) is 4.92. The van der Waals surface area contributed by atoms with E-state index in [9.17, 15) is 14.3 Å². The lowest BCUT2D eigenvalue weighted by Crippen LogP contribution is -2.29. The van der Waals surface area contributed by atoms with Gasteiger partial charge in [0.1, 0.15) is 11.2 Å². The summed E-state index contributed by atoms with van der Waals surface area (Å²) in [6.07, 6.45) is 0. The molecular formula is C14H14FNO2. The van der Waals surface area contributed by atoms with Crippen LogP contribution < -0.4 is 0 Å². The van der Waals surface area contributed by atoms with Gasteiger partial charge in [-0.3, -0.25) is 9.78 Å². The molecule has 2 rings (SSSR count). The molecule has 1 aromatic heterocycles. The van der Waals surface area contributed by atoms with Crippen molar-refractivity contribution in [3.05, 3.63) is 41.3 Å². The van der Waals surface area contributed by atoms with E-state index < -0.39 is 11.4 Å². The third-order valence-electron chi connectivity index (χ3n) is 3.15. The average molecular weight is 247 g/mol. The molecule has 0 fully saturated rings. The number of fused-ring (bicyclic) bond motifs is 1. The third kappa shape index (κ3) is 1.94. The zero-order chi connectivity index (χ0) is 13.5. The molecule has 0 spiro atoms. The molecular weight excluding hydrogens is 233 g/mol. The zero-order valence-corrected chi connectivity index (χ0v) is 10.5. The van der Waals surface area contributed by atoms with Gasteiger partial charge >= 0.3 is 5.97 Å². The first kappa shape index (κ1) is 12.5. The van der Waals surface area contributed by atoms with E-state index in [1.54, 1.807) is 26.0 Å². The van der Waals surface area contributed by atoms with Gasteiger partial charge in [-0.1, -0.05) is 0 Å². The number of aromatic nitrogens is 1. The second kappa shape index (κ2) is 4.05. The van der Waals surface area contributed by atoms with Gasteiger partial charge in [0, 0.05) is 11.5 Å². The van der Waals surface area contributed by atoms with E-state index in [0.717, 1.165) is 10.9 Å².